The average molecular weight is 481 g/mol. The number of benzene rings is 3. The van der Waals surface area contributed by atoms with Crippen LogP contribution in [0.15, 0.2) is 82.1 Å². The Kier molecular flexibility index (Phi) is 7.03. The number of furan rings is 1. The van der Waals surface area contributed by atoms with Gasteiger partial charge in [-0.05, 0) is 42.5 Å². The third-order valence-corrected chi connectivity index (χ3v) is 6.40. The largest absolute Gasteiger partial charge is 0.491 e. The van der Waals surface area contributed by atoms with E-state index in [1.165, 1.54) is 24.3 Å². The van der Waals surface area contributed by atoms with Crippen molar-refractivity contribution in [2.24, 2.45) is 5.73 Å². The number of halogens is 1. The van der Waals surface area contributed by atoms with Crippen LogP contribution in [0.5, 0.6) is 5.75 Å². The molecule has 174 valence electrons. The lowest BCUT2D eigenvalue weighted by Crippen LogP contribution is -2.29. The van der Waals surface area contributed by atoms with Crippen molar-refractivity contribution in [3.05, 3.63) is 95.5 Å². The van der Waals surface area contributed by atoms with Gasteiger partial charge in [0.25, 0.3) is 11.8 Å². The number of nitrogens with one attached hydrogen (secondary N) is 1. The first-order valence-corrected chi connectivity index (χ1v) is 11.7. The van der Waals surface area contributed by atoms with Crippen LogP contribution in [0, 0.1) is 5.82 Å². The Labute approximate surface area is 197 Å². The highest BCUT2D eigenvalue weighted by molar-refractivity contribution is 7.84. The fourth-order valence-electron chi connectivity index (χ4n) is 3.43. The van der Waals surface area contributed by atoms with E-state index < -0.39 is 28.4 Å². The maximum absolute atomic E-state index is 13.2. The van der Waals surface area contributed by atoms with E-state index in [4.69, 9.17) is 14.9 Å². The van der Waals surface area contributed by atoms with Gasteiger partial charge >= 0.3 is 0 Å². The smallest absolute Gasteiger partial charge is 0.287 e. The Bertz CT molecular complexity index is 1370. The molecule has 3 aromatic carbocycles. The molecule has 0 saturated heterocycles. The molecule has 0 aliphatic carbocycles. The molecule has 34 heavy (non-hydrogen) atoms. The van der Waals surface area contributed by atoms with Crippen LogP contribution in [0.1, 0.15) is 26.5 Å². The van der Waals surface area contributed by atoms with E-state index in [-0.39, 0.29) is 30.2 Å². The minimum Gasteiger partial charge on any atom is -0.491 e. The Hall–Kier alpha value is -3.98. The van der Waals surface area contributed by atoms with Crippen LogP contribution < -0.4 is 15.8 Å². The molecule has 1 aromatic heterocycles. The van der Waals surface area contributed by atoms with E-state index in [9.17, 15) is 18.2 Å². The summed E-state index contributed by atoms with van der Waals surface area (Å²) in [4.78, 5) is 24.8. The second kappa shape index (κ2) is 10.3. The van der Waals surface area contributed by atoms with E-state index in [0.717, 1.165) is 0 Å². The van der Waals surface area contributed by atoms with Crippen LogP contribution in [0.2, 0.25) is 0 Å². The molecule has 1 heterocycles. The molecule has 0 spiro atoms. The number of ether oxygens (including phenoxy) is 1. The van der Waals surface area contributed by atoms with E-state index in [1.54, 1.807) is 48.5 Å². The predicted octanol–water partition coefficient (Wildman–Crippen LogP) is 3.79. The molecule has 4 aromatic rings. The van der Waals surface area contributed by atoms with Crippen LogP contribution in [-0.2, 0) is 16.6 Å². The third-order valence-electron chi connectivity index (χ3n) is 5.05. The number of carbonyl (C=O) groups is 2. The first-order chi connectivity index (χ1) is 16.4. The summed E-state index contributed by atoms with van der Waals surface area (Å²) in [6, 6.07) is 19.0. The summed E-state index contributed by atoms with van der Waals surface area (Å²) in [6.45, 7) is 0.219. The van der Waals surface area contributed by atoms with Crippen LogP contribution in [0.25, 0.3) is 11.0 Å². The van der Waals surface area contributed by atoms with Gasteiger partial charge in [-0.3, -0.25) is 13.8 Å². The summed E-state index contributed by atoms with van der Waals surface area (Å²) in [6.07, 6.45) is 0. The fourth-order valence-corrected chi connectivity index (χ4v) is 4.58. The number of hydrogen-bond donors (Lipinski definition) is 2. The summed E-state index contributed by atoms with van der Waals surface area (Å²) in [5.41, 5.74) is 6.58. The van der Waals surface area contributed by atoms with Gasteiger partial charge in [0.1, 0.15) is 23.8 Å². The maximum atomic E-state index is 13.2. The summed E-state index contributed by atoms with van der Waals surface area (Å²) < 4.78 is 37.5. The van der Waals surface area contributed by atoms with Gasteiger partial charge in [0.2, 0.25) is 0 Å². The Balaban J connectivity index is 1.48. The molecule has 3 N–H and O–H groups in total. The molecule has 9 heteroatoms. The number of amides is 2. The number of carbonyl (C=O) groups excluding carboxylic acids is 2. The van der Waals surface area contributed by atoms with Crippen LogP contribution in [-0.4, -0.2) is 29.2 Å². The number of primary amides is 1. The van der Waals surface area contributed by atoms with Crippen LogP contribution in [0.3, 0.4) is 0 Å². The number of fused-ring (bicyclic) bond motifs is 1. The Morgan fingerprint density at radius 2 is 1.71 bits per heavy atom. The summed E-state index contributed by atoms with van der Waals surface area (Å²) in [5, 5.41) is 3.39. The first kappa shape index (κ1) is 23.2. The highest BCUT2D eigenvalue weighted by atomic mass is 32.2. The van der Waals surface area contributed by atoms with Crippen molar-refractivity contribution in [2.75, 3.05) is 13.2 Å². The molecule has 0 radical (unpaired) electrons. The number of hydrogen-bond acceptors (Lipinski definition) is 5. The molecular weight excluding hydrogens is 459 g/mol. The molecular formula is C25H21FN2O5S. The van der Waals surface area contributed by atoms with Crippen molar-refractivity contribution in [2.45, 2.75) is 10.6 Å². The normalized spacial score (nSPS) is 11.8. The fraction of sp³-hybridized carbons (Fsp3) is 0.120. The zero-order chi connectivity index (χ0) is 24.1. The SMILES string of the molecule is NC(=O)c1ccccc1OCCNC(=O)c1oc2ccccc2c1CS(=O)c1ccc(F)cc1. The maximum Gasteiger partial charge on any atom is 0.287 e. The second-order valence-electron chi connectivity index (χ2n) is 7.31. The molecule has 7 nitrogen and oxygen atoms in total. The molecule has 0 bridgehead atoms. The molecule has 0 saturated carbocycles. The molecule has 1 atom stereocenters. The van der Waals surface area contributed by atoms with Gasteiger partial charge in [-0.25, -0.2) is 4.39 Å². The minimum absolute atomic E-state index is 0.0217. The van der Waals surface area contributed by atoms with Crippen molar-refractivity contribution < 1.29 is 27.3 Å². The van der Waals surface area contributed by atoms with Crippen LogP contribution >= 0.6 is 0 Å². The highest BCUT2D eigenvalue weighted by Gasteiger charge is 2.22. The predicted molar refractivity (Wildman–Crippen MR) is 126 cm³/mol. The molecule has 1 unspecified atom stereocenters. The number of para-hydroxylation sites is 2. The van der Waals surface area contributed by atoms with Gasteiger partial charge in [-0.15, -0.1) is 0 Å². The summed E-state index contributed by atoms with van der Waals surface area (Å²) in [7, 11) is -1.52. The Morgan fingerprint density at radius 1 is 1.00 bits per heavy atom. The van der Waals surface area contributed by atoms with E-state index in [0.29, 0.717) is 27.2 Å². The van der Waals surface area contributed by atoms with E-state index in [1.807, 2.05) is 0 Å². The lowest BCUT2D eigenvalue weighted by molar-refractivity contribution is 0.0917. The monoisotopic (exact) mass is 480 g/mol. The first-order valence-electron chi connectivity index (χ1n) is 10.4. The topological polar surface area (TPSA) is 112 Å². The molecule has 4 rings (SSSR count). The van der Waals surface area contributed by atoms with E-state index in [2.05, 4.69) is 5.32 Å². The van der Waals surface area contributed by atoms with Crippen molar-refractivity contribution in [1.29, 1.82) is 0 Å². The quantitative estimate of drug-likeness (QED) is 0.354. The van der Waals surface area contributed by atoms with Gasteiger partial charge in [-0.2, -0.15) is 0 Å². The highest BCUT2D eigenvalue weighted by Crippen LogP contribution is 2.28. The third kappa shape index (κ3) is 5.15. The van der Waals surface area contributed by atoms with Gasteiger partial charge in [0, 0.05) is 15.8 Å². The average Bonchev–Trinajstić information content (AvgIpc) is 3.20. The van der Waals surface area contributed by atoms with Crippen molar-refractivity contribution in [3.8, 4) is 5.75 Å². The zero-order valence-corrected chi connectivity index (χ0v) is 18.8. The zero-order valence-electron chi connectivity index (χ0n) is 18.0. The Morgan fingerprint density at radius 3 is 2.47 bits per heavy atom. The van der Waals surface area contributed by atoms with Crippen molar-refractivity contribution in [1.82, 2.24) is 5.32 Å². The number of nitrogens with two attached hydrogens (primary N) is 1. The lowest BCUT2D eigenvalue weighted by atomic mass is 10.1. The van der Waals surface area contributed by atoms with Gasteiger partial charge in [0.05, 0.1) is 28.7 Å². The van der Waals surface area contributed by atoms with Gasteiger partial charge in [0.15, 0.2) is 5.76 Å². The molecule has 0 aliphatic rings. The second-order valence-corrected chi connectivity index (χ2v) is 8.77. The lowest BCUT2D eigenvalue weighted by Gasteiger charge is -2.10. The molecule has 2 amide bonds. The van der Waals surface area contributed by atoms with E-state index >= 15 is 0 Å². The number of rotatable bonds is 9. The molecule has 0 fully saturated rings. The molecule has 0 aliphatic heterocycles. The minimum atomic E-state index is -1.52. The van der Waals surface area contributed by atoms with Crippen molar-refractivity contribution in [3.63, 3.8) is 0 Å². The van der Waals surface area contributed by atoms with Gasteiger partial charge < -0.3 is 20.2 Å². The standard InChI is InChI=1S/C25H21FN2O5S/c26-16-9-11-17(12-10-16)34(31)15-20-18-5-1-4-8-22(18)33-23(20)25(30)28-13-14-32-21-7-3-2-6-19(21)24(27)29/h1-12H,13-15H2,(H2,27,29)(H,28,30). The summed E-state index contributed by atoms with van der Waals surface area (Å²) >= 11 is 0. The van der Waals surface area contributed by atoms with Gasteiger partial charge in [-0.1, -0.05) is 30.3 Å². The summed E-state index contributed by atoms with van der Waals surface area (Å²) in [5.74, 6) is -1.13. The van der Waals surface area contributed by atoms with Crippen LogP contribution in [0.4, 0.5) is 4.39 Å². The van der Waals surface area contributed by atoms with Crippen molar-refractivity contribution >= 4 is 33.6 Å².